The van der Waals surface area contributed by atoms with Crippen LogP contribution in [0.25, 0.3) is 16.9 Å². The number of hydrogen-bond acceptors (Lipinski definition) is 3. The van der Waals surface area contributed by atoms with Crippen molar-refractivity contribution in [3.05, 3.63) is 47.8 Å². The summed E-state index contributed by atoms with van der Waals surface area (Å²) in [5, 5.41) is 14.1. The minimum Gasteiger partial charge on any atom is -0.507 e. The zero-order valence-electron chi connectivity index (χ0n) is 10.3. The van der Waals surface area contributed by atoms with Crippen molar-refractivity contribution in [1.29, 1.82) is 0 Å². The Labute approximate surface area is 105 Å². The van der Waals surface area contributed by atoms with Crippen LogP contribution >= 0.6 is 0 Å². The van der Waals surface area contributed by atoms with Gasteiger partial charge in [0.15, 0.2) is 5.65 Å². The summed E-state index contributed by atoms with van der Waals surface area (Å²) in [6.45, 7) is 3.78. The molecule has 4 nitrogen and oxygen atoms in total. The number of aromatic hydroxyl groups is 1. The summed E-state index contributed by atoms with van der Waals surface area (Å²) in [4.78, 5) is 4.31. The number of rotatable bonds is 1. The fourth-order valence-corrected chi connectivity index (χ4v) is 2.13. The van der Waals surface area contributed by atoms with Gasteiger partial charge in [0.2, 0.25) is 0 Å². The van der Waals surface area contributed by atoms with Crippen LogP contribution in [0.3, 0.4) is 0 Å². The van der Waals surface area contributed by atoms with Crippen LogP contribution in [0, 0.1) is 13.8 Å². The molecule has 0 aliphatic heterocycles. The Hall–Kier alpha value is -2.36. The van der Waals surface area contributed by atoms with E-state index in [1.54, 1.807) is 16.9 Å². The molecule has 0 unspecified atom stereocenters. The van der Waals surface area contributed by atoms with E-state index in [0.717, 1.165) is 28.0 Å². The van der Waals surface area contributed by atoms with E-state index < -0.39 is 0 Å². The Bertz CT molecular complexity index is 708. The molecule has 3 aromatic rings. The van der Waals surface area contributed by atoms with Crippen molar-refractivity contribution in [2.24, 2.45) is 0 Å². The second-order valence-electron chi connectivity index (χ2n) is 4.40. The van der Waals surface area contributed by atoms with Crippen molar-refractivity contribution >= 4 is 5.65 Å². The van der Waals surface area contributed by atoms with Gasteiger partial charge < -0.3 is 5.11 Å². The molecular formula is C14H13N3O. The number of nitrogens with zero attached hydrogens (tertiary/aromatic N) is 3. The van der Waals surface area contributed by atoms with Crippen molar-refractivity contribution in [2.45, 2.75) is 13.8 Å². The molecule has 90 valence electrons. The second kappa shape index (κ2) is 3.84. The van der Waals surface area contributed by atoms with Crippen LogP contribution in [0.2, 0.25) is 0 Å². The first-order valence-corrected chi connectivity index (χ1v) is 5.76. The lowest BCUT2D eigenvalue weighted by molar-refractivity contribution is 0.467. The summed E-state index contributed by atoms with van der Waals surface area (Å²) in [5.41, 5.74) is 4.47. The Morgan fingerprint density at radius 2 is 1.89 bits per heavy atom. The summed E-state index contributed by atoms with van der Waals surface area (Å²) in [6, 6.07) is 7.66. The maximum Gasteiger partial charge on any atom is 0.154 e. The van der Waals surface area contributed by atoms with Crippen LogP contribution in [-0.2, 0) is 0 Å². The number of aryl methyl sites for hydroxylation is 2. The normalized spacial score (nSPS) is 11.0. The Kier molecular flexibility index (Phi) is 2.30. The first kappa shape index (κ1) is 10.8. The van der Waals surface area contributed by atoms with Crippen molar-refractivity contribution in [1.82, 2.24) is 14.6 Å². The summed E-state index contributed by atoms with van der Waals surface area (Å²) >= 11 is 0. The predicted octanol–water partition coefficient (Wildman–Crippen LogP) is 2.72. The summed E-state index contributed by atoms with van der Waals surface area (Å²) in [6.07, 6.45) is 3.53. The molecule has 0 bridgehead atoms. The van der Waals surface area contributed by atoms with Gasteiger partial charge in [-0.25, -0.2) is 9.50 Å². The molecular weight excluding hydrogens is 226 g/mol. The topological polar surface area (TPSA) is 50.4 Å². The zero-order chi connectivity index (χ0) is 12.7. The highest BCUT2D eigenvalue weighted by molar-refractivity contribution is 5.66. The summed E-state index contributed by atoms with van der Waals surface area (Å²) in [7, 11) is 0. The highest BCUT2D eigenvalue weighted by Crippen LogP contribution is 2.29. The van der Waals surface area contributed by atoms with Crippen LogP contribution in [0.1, 0.15) is 11.1 Å². The highest BCUT2D eigenvalue weighted by atomic mass is 16.3. The van der Waals surface area contributed by atoms with Gasteiger partial charge in [-0.2, -0.15) is 5.10 Å². The summed E-state index contributed by atoms with van der Waals surface area (Å²) < 4.78 is 1.80. The molecule has 3 rings (SSSR count). The Morgan fingerprint density at radius 1 is 1.17 bits per heavy atom. The average Bonchev–Trinajstić information content (AvgIpc) is 2.79. The molecule has 4 heteroatoms. The van der Waals surface area contributed by atoms with Crippen molar-refractivity contribution in [3.63, 3.8) is 0 Å². The minimum atomic E-state index is 0.348. The Balaban J connectivity index is 2.26. The molecule has 1 aromatic carbocycles. The molecule has 0 saturated carbocycles. The monoisotopic (exact) mass is 239 g/mol. The number of hydrogen-bond donors (Lipinski definition) is 1. The number of benzene rings is 1. The molecule has 0 aliphatic rings. The van der Waals surface area contributed by atoms with E-state index >= 15 is 0 Å². The molecule has 1 N–H and O–H groups in total. The van der Waals surface area contributed by atoms with E-state index in [4.69, 9.17) is 0 Å². The SMILES string of the molecule is Cc1cc(-c2cnc3cccnn23)cc(C)c1O. The third-order valence-electron chi connectivity index (χ3n) is 3.06. The molecule has 2 aromatic heterocycles. The predicted molar refractivity (Wildman–Crippen MR) is 69.6 cm³/mol. The van der Waals surface area contributed by atoms with Crippen LogP contribution in [0.5, 0.6) is 5.75 Å². The van der Waals surface area contributed by atoms with Crippen LogP contribution in [0.15, 0.2) is 36.7 Å². The van der Waals surface area contributed by atoms with Crippen LogP contribution in [-0.4, -0.2) is 19.7 Å². The lowest BCUT2D eigenvalue weighted by Crippen LogP contribution is -1.93. The van der Waals surface area contributed by atoms with Crippen molar-refractivity contribution < 1.29 is 5.11 Å². The zero-order valence-corrected chi connectivity index (χ0v) is 10.3. The second-order valence-corrected chi connectivity index (χ2v) is 4.40. The minimum absolute atomic E-state index is 0.348. The molecule has 2 heterocycles. The van der Waals surface area contributed by atoms with Gasteiger partial charge >= 0.3 is 0 Å². The quantitative estimate of drug-likeness (QED) is 0.710. The maximum atomic E-state index is 9.80. The van der Waals surface area contributed by atoms with Gasteiger partial charge in [-0.1, -0.05) is 0 Å². The van der Waals surface area contributed by atoms with Gasteiger partial charge in [0.25, 0.3) is 0 Å². The molecule has 0 spiro atoms. The number of phenolic OH excluding ortho intramolecular Hbond substituents is 1. The molecule has 18 heavy (non-hydrogen) atoms. The van der Waals surface area contributed by atoms with Gasteiger partial charge in [-0.05, 0) is 49.2 Å². The standard InChI is InChI=1S/C14H13N3O/c1-9-6-11(7-10(2)14(9)18)12-8-15-13-4-3-5-16-17(12)13/h3-8,18H,1-2H3. The van der Waals surface area contributed by atoms with Gasteiger partial charge in [0.1, 0.15) is 5.75 Å². The molecule has 0 radical (unpaired) electrons. The Morgan fingerprint density at radius 3 is 2.61 bits per heavy atom. The third-order valence-corrected chi connectivity index (χ3v) is 3.06. The fraction of sp³-hybridized carbons (Fsp3) is 0.143. The maximum absolute atomic E-state index is 9.80. The van der Waals surface area contributed by atoms with E-state index in [0.29, 0.717) is 5.75 Å². The van der Waals surface area contributed by atoms with E-state index in [-0.39, 0.29) is 0 Å². The molecule has 0 saturated heterocycles. The van der Waals surface area contributed by atoms with Gasteiger partial charge in [-0.3, -0.25) is 0 Å². The van der Waals surface area contributed by atoms with Crippen LogP contribution < -0.4 is 0 Å². The largest absolute Gasteiger partial charge is 0.507 e. The van der Waals surface area contributed by atoms with Gasteiger partial charge in [-0.15, -0.1) is 0 Å². The lowest BCUT2D eigenvalue weighted by atomic mass is 10.0. The van der Waals surface area contributed by atoms with Crippen molar-refractivity contribution in [3.8, 4) is 17.0 Å². The van der Waals surface area contributed by atoms with E-state index in [1.165, 1.54) is 0 Å². The third kappa shape index (κ3) is 1.54. The average molecular weight is 239 g/mol. The number of phenols is 1. The lowest BCUT2D eigenvalue weighted by Gasteiger charge is -2.07. The fourth-order valence-electron chi connectivity index (χ4n) is 2.13. The molecule has 0 atom stereocenters. The van der Waals surface area contributed by atoms with E-state index in [9.17, 15) is 5.11 Å². The summed E-state index contributed by atoms with van der Waals surface area (Å²) in [5.74, 6) is 0.348. The first-order valence-electron chi connectivity index (χ1n) is 5.76. The van der Waals surface area contributed by atoms with Crippen molar-refractivity contribution in [2.75, 3.05) is 0 Å². The smallest absolute Gasteiger partial charge is 0.154 e. The molecule has 0 amide bonds. The van der Waals surface area contributed by atoms with E-state index in [1.807, 2.05) is 38.1 Å². The molecule has 0 aliphatic carbocycles. The first-order chi connectivity index (χ1) is 8.66. The number of imidazole rings is 1. The number of aromatic nitrogens is 3. The van der Waals surface area contributed by atoms with Gasteiger partial charge in [0.05, 0.1) is 11.9 Å². The highest BCUT2D eigenvalue weighted by Gasteiger charge is 2.09. The molecule has 0 fully saturated rings. The number of fused-ring (bicyclic) bond motifs is 1. The van der Waals surface area contributed by atoms with Crippen LogP contribution in [0.4, 0.5) is 0 Å². The van der Waals surface area contributed by atoms with E-state index in [2.05, 4.69) is 10.1 Å². The van der Waals surface area contributed by atoms with Gasteiger partial charge in [0, 0.05) is 11.8 Å².